The highest BCUT2D eigenvalue weighted by Gasteiger charge is 2.24. The van der Waals surface area contributed by atoms with Gasteiger partial charge in [0.15, 0.2) is 5.82 Å². The van der Waals surface area contributed by atoms with E-state index in [1.165, 1.54) is 0 Å². The maximum Gasteiger partial charge on any atom is 0.407 e. The summed E-state index contributed by atoms with van der Waals surface area (Å²) in [7, 11) is 0. The molecule has 9 heteroatoms. The highest BCUT2D eigenvalue weighted by molar-refractivity contribution is 5.67. The topological polar surface area (TPSA) is 89.7 Å². The van der Waals surface area contributed by atoms with Gasteiger partial charge in [0, 0.05) is 12.2 Å². The number of aryl methyl sites for hydroxylation is 1. The Kier molecular flexibility index (Phi) is 8.32. The fraction of sp³-hybridized carbons (Fsp3) is 0.500. The number of halogens is 1. The van der Waals surface area contributed by atoms with Crippen LogP contribution < -0.4 is 16.3 Å². The molecule has 0 saturated heterocycles. The van der Waals surface area contributed by atoms with Crippen molar-refractivity contribution in [2.24, 2.45) is 5.92 Å². The van der Waals surface area contributed by atoms with E-state index in [-0.39, 0.29) is 28.9 Å². The standard InChI is InChI=1S/C26H36FN5O3/c1-17(2)23(28-13-10-14-29-24(33)35-26(4,5)6)21-15-20-22(27)18(3)30-32(20)25(34)31(21)16-19-11-8-7-9-12-19/h7-9,11-12,15,17,23,28H,10,13-14,16H2,1-6H3,(H,29,33)/t23-/m1/s1. The number of nitrogens with one attached hydrogen (secondary N) is 2. The van der Waals surface area contributed by atoms with Gasteiger partial charge in [-0.2, -0.15) is 9.61 Å². The summed E-state index contributed by atoms with van der Waals surface area (Å²) >= 11 is 0. The number of carbonyl (C=O) groups is 1. The first-order valence-electron chi connectivity index (χ1n) is 12.0. The average Bonchev–Trinajstić information content (AvgIpc) is 3.06. The van der Waals surface area contributed by atoms with Gasteiger partial charge in [0.2, 0.25) is 0 Å². The highest BCUT2D eigenvalue weighted by Crippen LogP contribution is 2.24. The molecule has 3 rings (SSSR count). The van der Waals surface area contributed by atoms with Gasteiger partial charge in [-0.05, 0) is 58.2 Å². The van der Waals surface area contributed by atoms with Crippen LogP contribution in [-0.2, 0) is 11.3 Å². The van der Waals surface area contributed by atoms with Crippen LogP contribution >= 0.6 is 0 Å². The molecule has 1 aromatic carbocycles. The number of hydrogen-bond acceptors (Lipinski definition) is 5. The van der Waals surface area contributed by atoms with Crippen molar-refractivity contribution < 1.29 is 13.9 Å². The van der Waals surface area contributed by atoms with Crippen LogP contribution in [-0.4, -0.2) is 39.0 Å². The number of alkyl carbamates (subject to hydrolysis) is 1. The minimum Gasteiger partial charge on any atom is -0.444 e. The van der Waals surface area contributed by atoms with Gasteiger partial charge in [0.25, 0.3) is 0 Å². The summed E-state index contributed by atoms with van der Waals surface area (Å²) in [5.41, 5.74) is 1.09. The highest BCUT2D eigenvalue weighted by atomic mass is 19.1. The van der Waals surface area contributed by atoms with Crippen molar-refractivity contribution in [3.63, 3.8) is 0 Å². The number of rotatable bonds is 9. The third-order valence-corrected chi connectivity index (χ3v) is 5.58. The Labute approximate surface area is 205 Å². The van der Waals surface area contributed by atoms with Crippen LogP contribution in [0.5, 0.6) is 0 Å². The maximum atomic E-state index is 14.8. The van der Waals surface area contributed by atoms with Crippen molar-refractivity contribution >= 4 is 11.6 Å². The smallest absolute Gasteiger partial charge is 0.407 e. The summed E-state index contributed by atoms with van der Waals surface area (Å²) in [6.07, 6.45) is 0.208. The largest absolute Gasteiger partial charge is 0.444 e. The first-order chi connectivity index (χ1) is 16.5. The molecule has 2 N–H and O–H groups in total. The summed E-state index contributed by atoms with van der Waals surface area (Å²) < 4.78 is 22.8. The normalized spacial score (nSPS) is 12.8. The molecule has 0 radical (unpaired) electrons. The molecule has 0 saturated carbocycles. The molecule has 35 heavy (non-hydrogen) atoms. The molecule has 2 aromatic heterocycles. The van der Waals surface area contributed by atoms with Crippen molar-refractivity contribution in [1.82, 2.24) is 24.8 Å². The number of ether oxygens (including phenoxy) is 1. The van der Waals surface area contributed by atoms with Gasteiger partial charge in [-0.25, -0.2) is 14.0 Å². The number of benzene rings is 1. The lowest BCUT2D eigenvalue weighted by molar-refractivity contribution is 0.0527. The lowest BCUT2D eigenvalue weighted by Crippen LogP contribution is -2.37. The molecule has 0 aliphatic rings. The van der Waals surface area contributed by atoms with Crippen molar-refractivity contribution in [2.45, 2.75) is 66.2 Å². The predicted octanol–water partition coefficient (Wildman–Crippen LogP) is 4.19. The summed E-state index contributed by atoms with van der Waals surface area (Å²) in [5.74, 6) is -0.371. The molecule has 2 heterocycles. The van der Waals surface area contributed by atoms with E-state index < -0.39 is 17.5 Å². The SMILES string of the molecule is Cc1nn2c(=O)n(Cc3ccccc3)c([C@H](NCCCNC(=O)OC(C)(C)C)C(C)C)cc2c1F. The molecule has 0 bridgehead atoms. The number of aromatic nitrogens is 3. The van der Waals surface area contributed by atoms with Crippen LogP contribution in [0.3, 0.4) is 0 Å². The van der Waals surface area contributed by atoms with Crippen molar-refractivity contribution in [1.29, 1.82) is 0 Å². The third-order valence-electron chi connectivity index (χ3n) is 5.58. The lowest BCUT2D eigenvalue weighted by atomic mass is 9.99. The van der Waals surface area contributed by atoms with E-state index in [4.69, 9.17) is 4.74 Å². The molecule has 0 unspecified atom stereocenters. The summed E-state index contributed by atoms with van der Waals surface area (Å²) in [6.45, 7) is 12.5. The molecule has 3 aromatic rings. The first kappa shape index (κ1) is 26.4. The number of fused-ring (bicyclic) bond motifs is 1. The molecule has 0 aliphatic carbocycles. The van der Waals surface area contributed by atoms with Crippen LogP contribution in [0.2, 0.25) is 0 Å². The number of carbonyl (C=O) groups excluding carboxylic acids is 1. The molecule has 8 nitrogen and oxygen atoms in total. The molecule has 0 aliphatic heterocycles. The Morgan fingerprint density at radius 2 is 1.86 bits per heavy atom. The van der Waals surface area contributed by atoms with Gasteiger partial charge in [-0.3, -0.25) is 4.57 Å². The second kappa shape index (κ2) is 11.0. The minimum atomic E-state index is -0.548. The van der Waals surface area contributed by atoms with Crippen LogP contribution in [0.25, 0.3) is 5.52 Å². The average molecular weight is 486 g/mol. The molecular formula is C26H36FN5O3. The molecule has 190 valence electrons. The number of amides is 1. The molecule has 1 amide bonds. The van der Waals surface area contributed by atoms with Gasteiger partial charge in [-0.15, -0.1) is 0 Å². The van der Waals surface area contributed by atoms with Crippen molar-refractivity contribution in [2.75, 3.05) is 13.1 Å². The quantitative estimate of drug-likeness (QED) is 0.444. The fourth-order valence-electron chi connectivity index (χ4n) is 3.95. The Hall–Kier alpha value is -3.20. The zero-order valence-electron chi connectivity index (χ0n) is 21.4. The molecular weight excluding hydrogens is 449 g/mol. The second-order valence-electron chi connectivity index (χ2n) is 10.1. The van der Waals surface area contributed by atoms with Crippen molar-refractivity contribution in [3.05, 3.63) is 69.7 Å². The Balaban J connectivity index is 1.84. The number of nitrogens with zero attached hydrogens (tertiary/aromatic N) is 3. The van der Waals surface area contributed by atoms with E-state index >= 15 is 0 Å². The monoisotopic (exact) mass is 485 g/mol. The van der Waals surface area contributed by atoms with Gasteiger partial charge in [0.1, 0.15) is 11.1 Å². The van der Waals surface area contributed by atoms with E-state index in [0.717, 1.165) is 10.1 Å². The van der Waals surface area contributed by atoms with E-state index in [1.807, 2.05) is 51.1 Å². The summed E-state index contributed by atoms with van der Waals surface area (Å²) in [6, 6.07) is 11.2. The second-order valence-corrected chi connectivity index (χ2v) is 10.1. The molecule has 0 fully saturated rings. The predicted molar refractivity (Wildman–Crippen MR) is 134 cm³/mol. The van der Waals surface area contributed by atoms with E-state index in [0.29, 0.717) is 31.7 Å². The maximum absolute atomic E-state index is 14.8. The summed E-state index contributed by atoms with van der Waals surface area (Å²) in [4.78, 5) is 25.3. The van der Waals surface area contributed by atoms with E-state index in [1.54, 1.807) is 17.6 Å². The van der Waals surface area contributed by atoms with Crippen LogP contribution in [0.4, 0.5) is 9.18 Å². The Morgan fingerprint density at radius 1 is 1.17 bits per heavy atom. The van der Waals surface area contributed by atoms with Crippen LogP contribution in [0, 0.1) is 18.7 Å². The Bertz CT molecular complexity index is 1210. The zero-order chi connectivity index (χ0) is 25.8. The molecule has 1 atom stereocenters. The van der Waals surface area contributed by atoms with Gasteiger partial charge < -0.3 is 15.4 Å². The molecule has 0 spiro atoms. The summed E-state index contributed by atoms with van der Waals surface area (Å²) in [5, 5.41) is 10.4. The van der Waals surface area contributed by atoms with Crippen LogP contribution in [0.1, 0.15) is 64.0 Å². The first-order valence-corrected chi connectivity index (χ1v) is 12.0. The minimum absolute atomic E-state index is 0.116. The Morgan fingerprint density at radius 3 is 2.49 bits per heavy atom. The van der Waals surface area contributed by atoms with Gasteiger partial charge in [-0.1, -0.05) is 44.2 Å². The van der Waals surface area contributed by atoms with Crippen molar-refractivity contribution in [3.8, 4) is 0 Å². The van der Waals surface area contributed by atoms with Gasteiger partial charge in [0.05, 0.1) is 18.3 Å². The zero-order valence-corrected chi connectivity index (χ0v) is 21.4. The van der Waals surface area contributed by atoms with E-state index in [2.05, 4.69) is 29.6 Å². The van der Waals surface area contributed by atoms with Crippen LogP contribution in [0.15, 0.2) is 41.2 Å². The van der Waals surface area contributed by atoms with E-state index in [9.17, 15) is 14.0 Å². The fourth-order valence-corrected chi connectivity index (χ4v) is 3.95. The third kappa shape index (κ3) is 6.69. The number of hydrogen-bond donors (Lipinski definition) is 2. The van der Waals surface area contributed by atoms with Gasteiger partial charge >= 0.3 is 11.8 Å². The lowest BCUT2D eigenvalue weighted by Gasteiger charge is -2.26.